The van der Waals surface area contributed by atoms with E-state index in [9.17, 15) is 4.79 Å². The molecule has 0 aliphatic heterocycles. The van der Waals surface area contributed by atoms with E-state index in [2.05, 4.69) is 5.92 Å². The van der Waals surface area contributed by atoms with Crippen molar-refractivity contribution < 1.29 is 4.79 Å². The summed E-state index contributed by atoms with van der Waals surface area (Å²) in [4.78, 5) is 10.8. The maximum absolute atomic E-state index is 10.8. The van der Waals surface area contributed by atoms with Gasteiger partial charge in [-0.1, -0.05) is 36.3 Å². The summed E-state index contributed by atoms with van der Waals surface area (Å²) < 4.78 is 0. The Hall–Kier alpha value is -1.75. The van der Waals surface area contributed by atoms with Gasteiger partial charge in [-0.05, 0) is 5.56 Å². The van der Waals surface area contributed by atoms with E-state index in [1.807, 2.05) is 18.2 Å². The number of carbonyl (C=O) groups is 1. The van der Waals surface area contributed by atoms with Crippen LogP contribution in [0.5, 0.6) is 0 Å². The van der Waals surface area contributed by atoms with E-state index in [0.717, 1.165) is 5.56 Å². The van der Waals surface area contributed by atoms with Crippen molar-refractivity contribution in [1.29, 1.82) is 0 Å². The fourth-order valence-corrected chi connectivity index (χ4v) is 0.988. The summed E-state index contributed by atoms with van der Waals surface area (Å²) in [6, 6.07) is 9.08. The lowest BCUT2D eigenvalue weighted by Gasteiger charge is -2.04. The Morgan fingerprint density at radius 3 is 2.42 bits per heavy atom. The Labute approximate surface area is 71.4 Å². The largest absolute Gasteiger partial charge is 0.368 e. The van der Waals surface area contributed by atoms with Crippen molar-refractivity contribution >= 4 is 5.91 Å². The number of primary amides is 1. The van der Waals surface area contributed by atoms with Crippen LogP contribution in [0.15, 0.2) is 30.3 Å². The van der Waals surface area contributed by atoms with Crippen molar-refractivity contribution in [3.05, 3.63) is 35.9 Å². The van der Waals surface area contributed by atoms with Crippen molar-refractivity contribution in [3.8, 4) is 12.3 Å². The molecule has 0 saturated carbocycles. The fourth-order valence-electron chi connectivity index (χ4n) is 0.988. The number of hydrogen-bond acceptors (Lipinski definition) is 1. The topological polar surface area (TPSA) is 43.1 Å². The van der Waals surface area contributed by atoms with E-state index >= 15 is 0 Å². The normalized spacial score (nSPS) is 11.6. The second kappa shape index (κ2) is 3.59. The third kappa shape index (κ3) is 1.64. The lowest BCUT2D eigenvalue weighted by atomic mass is 10.00. The second-order valence-electron chi connectivity index (χ2n) is 2.41. The van der Waals surface area contributed by atoms with E-state index in [0.29, 0.717) is 0 Å². The van der Waals surface area contributed by atoms with Crippen molar-refractivity contribution in [2.75, 3.05) is 0 Å². The predicted molar refractivity (Wildman–Crippen MR) is 47.2 cm³/mol. The molecule has 0 radical (unpaired) electrons. The molecule has 0 bridgehead atoms. The number of benzene rings is 1. The predicted octanol–water partition coefficient (Wildman–Crippen LogP) is 0.889. The van der Waals surface area contributed by atoms with Gasteiger partial charge in [-0.2, -0.15) is 0 Å². The van der Waals surface area contributed by atoms with Crippen LogP contribution in [0.4, 0.5) is 0 Å². The first kappa shape index (κ1) is 8.35. The van der Waals surface area contributed by atoms with Crippen LogP contribution in [0.2, 0.25) is 0 Å². The van der Waals surface area contributed by atoms with Gasteiger partial charge >= 0.3 is 0 Å². The molecule has 0 aliphatic rings. The molecule has 2 N–H and O–H groups in total. The number of carbonyl (C=O) groups excluding carboxylic acids is 1. The summed E-state index contributed by atoms with van der Waals surface area (Å²) in [5.41, 5.74) is 5.87. The van der Waals surface area contributed by atoms with E-state index < -0.39 is 11.8 Å². The van der Waals surface area contributed by atoms with Crippen molar-refractivity contribution in [1.82, 2.24) is 0 Å². The number of rotatable bonds is 2. The summed E-state index contributed by atoms with van der Waals surface area (Å²) in [5.74, 6) is 1.26. The van der Waals surface area contributed by atoms with Gasteiger partial charge in [0, 0.05) is 0 Å². The highest BCUT2D eigenvalue weighted by Crippen LogP contribution is 2.12. The van der Waals surface area contributed by atoms with Gasteiger partial charge in [-0.15, -0.1) is 6.42 Å². The molecule has 12 heavy (non-hydrogen) atoms. The molecule has 1 aromatic carbocycles. The Morgan fingerprint density at radius 2 is 2.00 bits per heavy atom. The molecule has 0 aliphatic carbocycles. The van der Waals surface area contributed by atoms with E-state index in [1.54, 1.807) is 12.1 Å². The van der Waals surface area contributed by atoms with Crippen molar-refractivity contribution in [2.24, 2.45) is 5.73 Å². The molecule has 0 fully saturated rings. The fraction of sp³-hybridized carbons (Fsp3) is 0.100. The average molecular weight is 159 g/mol. The van der Waals surface area contributed by atoms with Gasteiger partial charge < -0.3 is 5.73 Å². The summed E-state index contributed by atoms with van der Waals surface area (Å²) in [6.45, 7) is 0. The quantitative estimate of drug-likeness (QED) is 0.640. The van der Waals surface area contributed by atoms with Gasteiger partial charge in [0.2, 0.25) is 5.91 Å². The molecule has 1 unspecified atom stereocenters. The Morgan fingerprint density at radius 1 is 1.42 bits per heavy atom. The summed E-state index contributed by atoms with van der Waals surface area (Å²) in [6.07, 6.45) is 5.15. The zero-order valence-corrected chi connectivity index (χ0v) is 6.53. The van der Waals surface area contributed by atoms with Crippen LogP contribution in [-0.2, 0) is 4.79 Å². The maximum Gasteiger partial charge on any atom is 0.237 e. The molecule has 0 saturated heterocycles. The van der Waals surface area contributed by atoms with Crippen LogP contribution in [0.25, 0.3) is 0 Å². The molecule has 2 nitrogen and oxygen atoms in total. The molecule has 1 aromatic rings. The zero-order chi connectivity index (χ0) is 8.97. The number of amides is 1. The highest BCUT2D eigenvalue weighted by Gasteiger charge is 2.12. The summed E-state index contributed by atoms with van der Waals surface area (Å²) >= 11 is 0. The van der Waals surface area contributed by atoms with Crippen LogP contribution in [-0.4, -0.2) is 5.91 Å². The standard InChI is InChI=1S/C10H9NO/c1-2-9(10(11)12)8-6-4-3-5-7-8/h1,3-7,9H,(H2,11,12). The smallest absolute Gasteiger partial charge is 0.237 e. The summed E-state index contributed by atoms with van der Waals surface area (Å²) in [7, 11) is 0. The lowest BCUT2D eigenvalue weighted by molar-refractivity contribution is -0.118. The van der Waals surface area contributed by atoms with E-state index in [-0.39, 0.29) is 0 Å². The molecule has 1 amide bonds. The van der Waals surface area contributed by atoms with Crippen LogP contribution < -0.4 is 5.73 Å². The molecular weight excluding hydrogens is 150 g/mol. The lowest BCUT2D eigenvalue weighted by Crippen LogP contribution is -2.19. The third-order valence-electron chi connectivity index (χ3n) is 1.58. The highest BCUT2D eigenvalue weighted by molar-refractivity contribution is 5.85. The maximum atomic E-state index is 10.8. The Balaban J connectivity index is 2.98. The number of hydrogen-bond donors (Lipinski definition) is 1. The molecule has 0 heterocycles. The minimum atomic E-state index is -0.605. The molecule has 2 heteroatoms. The van der Waals surface area contributed by atoms with Crippen LogP contribution >= 0.6 is 0 Å². The van der Waals surface area contributed by atoms with Gasteiger partial charge in [-0.25, -0.2) is 0 Å². The molecule has 0 spiro atoms. The number of terminal acetylenes is 1. The van der Waals surface area contributed by atoms with Crippen LogP contribution in [0.3, 0.4) is 0 Å². The molecule has 1 rings (SSSR count). The van der Waals surface area contributed by atoms with Gasteiger partial charge in [0.15, 0.2) is 0 Å². The van der Waals surface area contributed by atoms with Gasteiger partial charge in [0.1, 0.15) is 5.92 Å². The van der Waals surface area contributed by atoms with E-state index in [1.165, 1.54) is 0 Å². The van der Waals surface area contributed by atoms with Crippen LogP contribution in [0, 0.1) is 12.3 Å². The van der Waals surface area contributed by atoms with Crippen molar-refractivity contribution in [3.63, 3.8) is 0 Å². The molecule has 0 aromatic heterocycles. The van der Waals surface area contributed by atoms with Crippen molar-refractivity contribution in [2.45, 2.75) is 5.92 Å². The monoisotopic (exact) mass is 159 g/mol. The van der Waals surface area contributed by atoms with Gasteiger partial charge in [0.25, 0.3) is 0 Å². The molecule has 60 valence electrons. The minimum absolute atomic E-state index is 0.483. The minimum Gasteiger partial charge on any atom is -0.368 e. The van der Waals surface area contributed by atoms with E-state index in [4.69, 9.17) is 12.2 Å². The van der Waals surface area contributed by atoms with Crippen LogP contribution in [0.1, 0.15) is 11.5 Å². The van der Waals surface area contributed by atoms with Gasteiger partial charge in [-0.3, -0.25) is 4.79 Å². The third-order valence-corrected chi connectivity index (χ3v) is 1.58. The average Bonchev–Trinajstić information content (AvgIpc) is 2.07. The summed E-state index contributed by atoms with van der Waals surface area (Å²) in [5, 5.41) is 0. The molecule has 1 atom stereocenters. The zero-order valence-electron chi connectivity index (χ0n) is 6.53. The first-order valence-corrected chi connectivity index (χ1v) is 3.56. The van der Waals surface area contributed by atoms with Gasteiger partial charge in [0.05, 0.1) is 0 Å². The first-order valence-electron chi connectivity index (χ1n) is 3.56. The molecular formula is C10H9NO. The number of nitrogens with two attached hydrogens (primary N) is 1. The highest BCUT2D eigenvalue weighted by atomic mass is 16.1. The second-order valence-corrected chi connectivity index (χ2v) is 2.41. The first-order chi connectivity index (χ1) is 5.75. The Kier molecular flexibility index (Phi) is 2.49. The Bertz CT molecular complexity index is 310. The SMILES string of the molecule is C#CC(C(N)=O)c1ccccc1.